The fourth-order valence-corrected chi connectivity index (χ4v) is 3.65. The Morgan fingerprint density at radius 3 is 2.60 bits per heavy atom. The molecule has 2 rings (SSSR count). The van der Waals surface area contributed by atoms with Crippen molar-refractivity contribution in [1.82, 2.24) is 15.1 Å². The summed E-state index contributed by atoms with van der Waals surface area (Å²) < 4.78 is 2.05. The molecule has 0 bridgehead atoms. The van der Waals surface area contributed by atoms with Gasteiger partial charge in [-0.3, -0.25) is 4.68 Å². The number of aromatic nitrogens is 2. The van der Waals surface area contributed by atoms with Gasteiger partial charge in [0.1, 0.15) is 0 Å². The number of nitrogens with one attached hydrogen (secondary N) is 1. The van der Waals surface area contributed by atoms with E-state index in [4.69, 9.17) is 11.6 Å². The summed E-state index contributed by atoms with van der Waals surface area (Å²) in [5.74, 6) is 0.669. The molecule has 0 spiro atoms. The maximum atomic E-state index is 6.41. The molecule has 0 radical (unpaired) electrons. The van der Waals surface area contributed by atoms with Crippen molar-refractivity contribution in [3.63, 3.8) is 0 Å². The zero-order valence-electron chi connectivity index (χ0n) is 13.2. The lowest BCUT2D eigenvalue weighted by Crippen LogP contribution is -2.34. The number of nitrogens with zero attached hydrogens (tertiary/aromatic N) is 2. The SMILES string of the molecule is CCNC(c1c(Cl)cnn1CC)C1CCC(C)(C)CC1. The van der Waals surface area contributed by atoms with Crippen LogP contribution in [-0.4, -0.2) is 16.3 Å². The molecule has 1 heterocycles. The van der Waals surface area contributed by atoms with Gasteiger partial charge < -0.3 is 5.32 Å². The monoisotopic (exact) mass is 297 g/mol. The normalized spacial score (nSPS) is 21.1. The van der Waals surface area contributed by atoms with Crippen molar-refractivity contribution in [3.05, 3.63) is 16.9 Å². The smallest absolute Gasteiger partial charge is 0.0834 e. The van der Waals surface area contributed by atoms with Crippen molar-refractivity contribution in [2.75, 3.05) is 6.54 Å². The van der Waals surface area contributed by atoms with E-state index < -0.39 is 0 Å². The van der Waals surface area contributed by atoms with Crippen LogP contribution in [0.25, 0.3) is 0 Å². The van der Waals surface area contributed by atoms with Crippen LogP contribution in [0.3, 0.4) is 0 Å². The number of hydrogen-bond donors (Lipinski definition) is 1. The van der Waals surface area contributed by atoms with Gasteiger partial charge in [-0.1, -0.05) is 32.4 Å². The molecule has 1 saturated carbocycles. The zero-order valence-corrected chi connectivity index (χ0v) is 14.0. The van der Waals surface area contributed by atoms with Crippen LogP contribution in [0.5, 0.6) is 0 Å². The van der Waals surface area contributed by atoms with Crippen LogP contribution in [0, 0.1) is 11.3 Å². The van der Waals surface area contributed by atoms with Gasteiger partial charge in [0.2, 0.25) is 0 Å². The Morgan fingerprint density at radius 1 is 1.40 bits per heavy atom. The lowest BCUT2D eigenvalue weighted by molar-refractivity contribution is 0.159. The first-order valence-corrected chi connectivity index (χ1v) is 8.31. The summed E-state index contributed by atoms with van der Waals surface area (Å²) in [6, 6.07) is 0.339. The topological polar surface area (TPSA) is 29.9 Å². The third kappa shape index (κ3) is 3.37. The van der Waals surface area contributed by atoms with Crippen molar-refractivity contribution in [1.29, 1.82) is 0 Å². The van der Waals surface area contributed by atoms with Gasteiger partial charge in [-0.25, -0.2) is 0 Å². The average molecular weight is 298 g/mol. The molecule has 1 aromatic rings. The van der Waals surface area contributed by atoms with Crippen LogP contribution >= 0.6 is 11.6 Å². The van der Waals surface area contributed by atoms with Crippen molar-refractivity contribution in [2.24, 2.45) is 11.3 Å². The summed E-state index contributed by atoms with van der Waals surface area (Å²) >= 11 is 6.41. The van der Waals surface area contributed by atoms with Crippen LogP contribution in [0.1, 0.15) is 65.1 Å². The van der Waals surface area contributed by atoms with E-state index in [1.54, 1.807) is 6.20 Å². The third-order valence-electron chi connectivity index (χ3n) is 4.71. The second kappa shape index (κ2) is 6.48. The van der Waals surface area contributed by atoms with Gasteiger partial charge >= 0.3 is 0 Å². The van der Waals surface area contributed by atoms with Gasteiger partial charge in [0.15, 0.2) is 0 Å². The molecule has 1 unspecified atom stereocenters. The van der Waals surface area contributed by atoms with Gasteiger partial charge in [0, 0.05) is 6.54 Å². The van der Waals surface area contributed by atoms with E-state index in [0.717, 1.165) is 18.1 Å². The predicted molar refractivity (Wildman–Crippen MR) is 85.1 cm³/mol. The van der Waals surface area contributed by atoms with Gasteiger partial charge in [0.25, 0.3) is 0 Å². The fraction of sp³-hybridized carbons (Fsp3) is 0.812. The summed E-state index contributed by atoms with van der Waals surface area (Å²) in [5, 5.41) is 8.87. The van der Waals surface area contributed by atoms with E-state index in [2.05, 4.69) is 42.8 Å². The molecule has 1 aromatic heterocycles. The van der Waals surface area contributed by atoms with Gasteiger partial charge in [0.05, 0.1) is 23.0 Å². The predicted octanol–water partition coefficient (Wildman–Crippen LogP) is 4.42. The molecule has 114 valence electrons. The molecule has 1 aliphatic carbocycles. The minimum atomic E-state index is 0.339. The summed E-state index contributed by atoms with van der Waals surface area (Å²) in [6.07, 6.45) is 6.94. The molecule has 1 aliphatic rings. The second-order valence-electron chi connectivity index (χ2n) is 6.73. The van der Waals surface area contributed by atoms with Gasteiger partial charge in [-0.2, -0.15) is 5.10 Å². The summed E-state index contributed by atoms with van der Waals surface area (Å²) in [6.45, 7) is 10.9. The molecule has 3 nitrogen and oxygen atoms in total. The maximum absolute atomic E-state index is 6.41. The molecule has 0 aliphatic heterocycles. The third-order valence-corrected chi connectivity index (χ3v) is 5.00. The van der Waals surface area contributed by atoms with E-state index in [1.807, 2.05) is 0 Å². The van der Waals surface area contributed by atoms with Crippen molar-refractivity contribution >= 4 is 11.6 Å². The van der Waals surface area contributed by atoms with Crippen molar-refractivity contribution < 1.29 is 0 Å². The van der Waals surface area contributed by atoms with Crippen LogP contribution in [0.15, 0.2) is 6.20 Å². The number of rotatable bonds is 5. The van der Waals surface area contributed by atoms with E-state index in [9.17, 15) is 0 Å². The highest BCUT2D eigenvalue weighted by atomic mass is 35.5. The zero-order chi connectivity index (χ0) is 14.8. The quantitative estimate of drug-likeness (QED) is 0.871. The molecule has 0 saturated heterocycles. The first-order chi connectivity index (χ1) is 9.48. The molecule has 20 heavy (non-hydrogen) atoms. The summed E-state index contributed by atoms with van der Waals surface area (Å²) in [4.78, 5) is 0. The summed E-state index contributed by atoms with van der Waals surface area (Å²) in [7, 11) is 0. The average Bonchev–Trinajstić information content (AvgIpc) is 2.77. The minimum Gasteiger partial charge on any atom is -0.309 e. The van der Waals surface area contributed by atoms with Crippen LogP contribution in [0.2, 0.25) is 5.02 Å². The van der Waals surface area contributed by atoms with E-state index in [0.29, 0.717) is 17.4 Å². The Kier molecular flexibility index (Phi) is 5.14. The Bertz CT molecular complexity index is 429. The first-order valence-electron chi connectivity index (χ1n) is 7.93. The lowest BCUT2D eigenvalue weighted by Gasteiger charge is -2.38. The fourth-order valence-electron chi connectivity index (χ4n) is 3.39. The van der Waals surface area contributed by atoms with Crippen LogP contribution in [-0.2, 0) is 6.54 Å². The molecule has 1 fully saturated rings. The summed E-state index contributed by atoms with van der Waals surface area (Å²) in [5.41, 5.74) is 1.68. The Balaban J connectivity index is 2.21. The van der Waals surface area contributed by atoms with Crippen LogP contribution in [0.4, 0.5) is 0 Å². The largest absolute Gasteiger partial charge is 0.309 e. The van der Waals surface area contributed by atoms with E-state index in [-0.39, 0.29) is 0 Å². The second-order valence-corrected chi connectivity index (χ2v) is 7.14. The standard InChI is InChI=1S/C16H28ClN3/c1-5-18-14(12-7-9-16(3,4)10-8-12)15-13(17)11-19-20(15)6-2/h11-12,14,18H,5-10H2,1-4H3. The molecular formula is C16H28ClN3. The van der Waals surface area contributed by atoms with E-state index >= 15 is 0 Å². The molecule has 1 atom stereocenters. The van der Waals surface area contributed by atoms with Crippen LogP contribution < -0.4 is 5.32 Å². The molecular weight excluding hydrogens is 270 g/mol. The number of halogens is 1. The molecule has 4 heteroatoms. The maximum Gasteiger partial charge on any atom is 0.0834 e. The van der Waals surface area contributed by atoms with Gasteiger partial charge in [-0.15, -0.1) is 0 Å². The highest BCUT2D eigenvalue weighted by Crippen LogP contribution is 2.43. The highest BCUT2D eigenvalue weighted by molar-refractivity contribution is 6.31. The number of hydrogen-bond acceptors (Lipinski definition) is 2. The van der Waals surface area contributed by atoms with Crippen molar-refractivity contribution in [3.8, 4) is 0 Å². The first kappa shape index (κ1) is 15.8. The van der Waals surface area contributed by atoms with Crippen molar-refractivity contribution in [2.45, 2.75) is 66.0 Å². The molecule has 0 aromatic carbocycles. The Labute approximate surface area is 128 Å². The molecule has 0 amide bonds. The Hall–Kier alpha value is -0.540. The van der Waals surface area contributed by atoms with Gasteiger partial charge in [-0.05, 0) is 50.5 Å². The number of aryl methyl sites for hydroxylation is 1. The molecule has 1 N–H and O–H groups in total. The van der Waals surface area contributed by atoms with E-state index in [1.165, 1.54) is 31.4 Å². The minimum absolute atomic E-state index is 0.339. The Morgan fingerprint density at radius 2 is 2.05 bits per heavy atom. The highest BCUT2D eigenvalue weighted by Gasteiger charge is 2.34. The lowest BCUT2D eigenvalue weighted by atomic mass is 9.70.